The van der Waals surface area contributed by atoms with Crippen molar-refractivity contribution in [3.05, 3.63) is 30.3 Å². The largest absolute Gasteiger partial charge is 0.506 e. The molecular weight excluding hydrogens is 182 g/mol. The Morgan fingerprint density at radius 3 is 2.46 bits per heavy atom. The quantitative estimate of drug-likeness (QED) is 0.340. The number of phenolic OH excluding ortho intramolecular Hbond substituents is 1. The van der Waals surface area contributed by atoms with Gasteiger partial charge in [-0.15, -0.1) is 12.6 Å². The summed E-state index contributed by atoms with van der Waals surface area (Å²) >= 11 is 4.25. The zero-order valence-electron chi connectivity index (χ0n) is 6.86. The maximum atomic E-state index is 9.42. The van der Waals surface area contributed by atoms with Crippen LogP contribution in [0.2, 0.25) is 0 Å². The van der Waals surface area contributed by atoms with Crippen LogP contribution in [-0.4, -0.2) is 5.11 Å². The molecule has 3 heteroatoms. The first kappa shape index (κ1) is 8.26. The van der Waals surface area contributed by atoms with Gasteiger partial charge in [0.05, 0.1) is 5.69 Å². The van der Waals surface area contributed by atoms with Crippen LogP contribution in [-0.2, 0) is 0 Å². The number of nitrogen functional groups attached to an aromatic ring is 1. The summed E-state index contributed by atoms with van der Waals surface area (Å²) in [4.78, 5) is 0.738. The molecule has 66 valence electrons. The van der Waals surface area contributed by atoms with E-state index in [2.05, 4.69) is 12.6 Å². The van der Waals surface area contributed by atoms with Crippen LogP contribution in [0.15, 0.2) is 35.2 Å². The van der Waals surface area contributed by atoms with Crippen molar-refractivity contribution in [1.82, 2.24) is 0 Å². The van der Waals surface area contributed by atoms with Crippen LogP contribution in [0.4, 0.5) is 5.69 Å². The summed E-state index contributed by atoms with van der Waals surface area (Å²) < 4.78 is 0. The Hall–Kier alpha value is -1.35. The van der Waals surface area contributed by atoms with Gasteiger partial charge in [-0.25, -0.2) is 0 Å². The number of benzene rings is 2. The lowest BCUT2D eigenvalue weighted by Crippen LogP contribution is -1.88. The standard InChI is InChI=1S/C10H9NOS/c11-10-7-4-2-1-3-6(7)9(13)5-8(10)12/h1-5,12-13H,11H2. The molecule has 0 aliphatic heterocycles. The van der Waals surface area contributed by atoms with Gasteiger partial charge in [-0.05, 0) is 11.5 Å². The molecule has 0 aromatic heterocycles. The second-order valence-electron chi connectivity index (χ2n) is 2.87. The van der Waals surface area contributed by atoms with E-state index in [0.29, 0.717) is 5.69 Å². The molecule has 0 amide bonds. The third kappa shape index (κ3) is 1.21. The van der Waals surface area contributed by atoms with Crippen molar-refractivity contribution in [2.75, 3.05) is 5.73 Å². The highest BCUT2D eigenvalue weighted by Crippen LogP contribution is 2.33. The summed E-state index contributed by atoms with van der Waals surface area (Å²) in [6, 6.07) is 9.14. The summed E-state index contributed by atoms with van der Waals surface area (Å²) in [7, 11) is 0. The van der Waals surface area contributed by atoms with E-state index in [0.717, 1.165) is 15.7 Å². The topological polar surface area (TPSA) is 46.2 Å². The maximum absolute atomic E-state index is 9.42. The highest BCUT2D eigenvalue weighted by atomic mass is 32.1. The molecule has 0 atom stereocenters. The van der Waals surface area contributed by atoms with Crippen molar-refractivity contribution in [3.8, 4) is 5.75 Å². The Morgan fingerprint density at radius 2 is 1.77 bits per heavy atom. The Kier molecular flexibility index (Phi) is 1.81. The average Bonchev–Trinajstić information content (AvgIpc) is 2.15. The van der Waals surface area contributed by atoms with Crippen LogP contribution in [0.1, 0.15) is 0 Å². The van der Waals surface area contributed by atoms with Crippen molar-refractivity contribution in [3.63, 3.8) is 0 Å². The van der Waals surface area contributed by atoms with E-state index in [1.807, 2.05) is 24.3 Å². The van der Waals surface area contributed by atoms with Gasteiger partial charge < -0.3 is 10.8 Å². The lowest BCUT2D eigenvalue weighted by atomic mass is 10.1. The van der Waals surface area contributed by atoms with Gasteiger partial charge in [0.2, 0.25) is 0 Å². The Bertz CT molecular complexity index is 468. The number of hydrogen-bond donors (Lipinski definition) is 3. The van der Waals surface area contributed by atoms with Gasteiger partial charge >= 0.3 is 0 Å². The first-order chi connectivity index (χ1) is 6.20. The van der Waals surface area contributed by atoms with E-state index >= 15 is 0 Å². The predicted octanol–water partition coefficient (Wildman–Crippen LogP) is 2.42. The van der Waals surface area contributed by atoms with E-state index in [4.69, 9.17) is 5.73 Å². The van der Waals surface area contributed by atoms with E-state index < -0.39 is 0 Å². The Labute approximate surface area is 81.4 Å². The number of aromatic hydroxyl groups is 1. The number of anilines is 1. The SMILES string of the molecule is Nc1c(O)cc(S)c2ccccc12. The van der Waals surface area contributed by atoms with E-state index in [1.165, 1.54) is 0 Å². The van der Waals surface area contributed by atoms with Gasteiger partial charge in [-0.2, -0.15) is 0 Å². The third-order valence-corrected chi connectivity index (χ3v) is 2.41. The molecule has 2 nitrogen and oxygen atoms in total. The molecule has 0 aliphatic rings. The van der Waals surface area contributed by atoms with Crippen LogP contribution in [0.3, 0.4) is 0 Å². The van der Waals surface area contributed by atoms with E-state index in [-0.39, 0.29) is 5.75 Å². The molecule has 0 spiro atoms. The van der Waals surface area contributed by atoms with Crippen molar-refractivity contribution in [2.45, 2.75) is 4.90 Å². The number of nitrogens with two attached hydrogens (primary N) is 1. The number of fused-ring (bicyclic) bond motifs is 1. The highest BCUT2D eigenvalue weighted by molar-refractivity contribution is 7.80. The third-order valence-electron chi connectivity index (χ3n) is 2.04. The smallest absolute Gasteiger partial charge is 0.140 e. The van der Waals surface area contributed by atoms with E-state index in [1.54, 1.807) is 6.07 Å². The van der Waals surface area contributed by atoms with Crippen LogP contribution in [0, 0.1) is 0 Å². The molecule has 0 unspecified atom stereocenters. The molecule has 0 saturated heterocycles. The molecule has 0 fully saturated rings. The minimum Gasteiger partial charge on any atom is -0.506 e. The van der Waals surface area contributed by atoms with Crippen LogP contribution in [0.25, 0.3) is 10.8 Å². The summed E-state index contributed by atoms with van der Waals surface area (Å²) in [6.45, 7) is 0. The van der Waals surface area contributed by atoms with Gasteiger partial charge in [-0.3, -0.25) is 0 Å². The molecule has 0 radical (unpaired) electrons. The molecule has 2 aromatic carbocycles. The summed E-state index contributed by atoms with van der Waals surface area (Å²) in [5, 5.41) is 11.2. The van der Waals surface area contributed by atoms with Crippen molar-refractivity contribution < 1.29 is 5.11 Å². The number of hydrogen-bond acceptors (Lipinski definition) is 3. The first-order valence-corrected chi connectivity index (χ1v) is 4.34. The van der Waals surface area contributed by atoms with Crippen LogP contribution >= 0.6 is 12.6 Å². The average molecular weight is 191 g/mol. The second kappa shape index (κ2) is 2.85. The molecule has 13 heavy (non-hydrogen) atoms. The van der Waals surface area contributed by atoms with Gasteiger partial charge in [-0.1, -0.05) is 24.3 Å². The predicted molar refractivity (Wildman–Crippen MR) is 57.3 cm³/mol. The lowest BCUT2D eigenvalue weighted by Gasteiger charge is -2.06. The fourth-order valence-electron chi connectivity index (χ4n) is 1.36. The molecule has 0 heterocycles. The minimum absolute atomic E-state index is 0.0868. The fourth-order valence-corrected chi connectivity index (χ4v) is 1.68. The summed E-state index contributed by atoms with van der Waals surface area (Å²) in [5.74, 6) is 0.0868. The van der Waals surface area contributed by atoms with Gasteiger partial charge in [0.1, 0.15) is 5.75 Å². The molecule has 0 bridgehead atoms. The second-order valence-corrected chi connectivity index (χ2v) is 3.36. The highest BCUT2D eigenvalue weighted by Gasteiger charge is 2.05. The number of rotatable bonds is 0. The zero-order chi connectivity index (χ0) is 9.42. The number of phenols is 1. The molecule has 0 aliphatic carbocycles. The zero-order valence-corrected chi connectivity index (χ0v) is 7.75. The van der Waals surface area contributed by atoms with Crippen molar-refractivity contribution in [2.24, 2.45) is 0 Å². The van der Waals surface area contributed by atoms with Gasteiger partial charge in [0.15, 0.2) is 0 Å². The summed E-state index contributed by atoms with van der Waals surface area (Å²) in [6.07, 6.45) is 0. The normalized spacial score (nSPS) is 10.5. The molecule has 0 saturated carbocycles. The molecular formula is C10H9NOS. The number of thiol groups is 1. The van der Waals surface area contributed by atoms with Gasteiger partial charge in [0, 0.05) is 10.3 Å². The lowest BCUT2D eigenvalue weighted by molar-refractivity contribution is 0.477. The fraction of sp³-hybridized carbons (Fsp3) is 0. The van der Waals surface area contributed by atoms with Gasteiger partial charge in [0.25, 0.3) is 0 Å². The molecule has 2 aromatic rings. The van der Waals surface area contributed by atoms with E-state index in [9.17, 15) is 5.11 Å². The molecule has 3 N–H and O–H groups in total. The Balaban J connectivity index is 2.97. The first-order valence-electron chi connectivity index (χ1n) is 3.89. The van der Waals surface area contributed by atoms with Crippen molar-refractivity contribution in [1.29, 1.82) is 0 Å². The molecule has 2 rings (SSSR count). The Morgan fingerprint density at radius 1 is 1.15 bits per heavy atom. The maximum Gasteiger partial charge on any atom is 0.140 e. The van der Waals surface area contributed by atoms with Crippen LogP contribution < -0.4 is 5.73 Å². The summed E-state index contributed by atoms with van der Waals surface area (Å²) in [5.41, 5.74) is 6.11. The van der Waals surface area contributed by atoms with Crippen molar-refractivity contribution >= 4 is 29.1 Å². The monoisotopic (exact) mass is 191 g/mol. The minimum atomic E-state index is 0.0868. The van der Waals surface area contributed by atoms with Crippen LogP contribution in [0.5, 0.6) is 5.75 Å².